The van der Waals surface area contributed by atoms with E-state index in [0.717, 1.165) is 5.56 Å². The molecule has 3 aromatic heterocycles. The number of ether oxygens (including phenoxy) is 1. The summed E-state index contributed by atoms with van der Waals surface area (Å²) in [5.74, 6) is 0.310. The summed E-state index contributed by atoms with van der Waals surface area (Å²) in [6, 6.07) is 11.4. The summed E-state index contributed by atoms with van der Waals surface area (Å²) in [5, 5.41) is 4.44. The molecular weight excluding hydrogens is 347 g/mol. The van der Waals surface area contributed by atoms with E-state index in [0.29, 0.717) is 36.5 Å². The van der Waals surface area contributed by atoms with Gasteiger partial charge in [-0.25, -0.2) is 8.91 Å². The van der Waals surface area contributed by atoms with Crippen LogP contribution in [0.3, 0.4) is 0 Å². The van der Waals surface area contributed by atoms with Crippen LogP contribution in [0, 0.1) is 5.82 Å². The lowest BCUT2D eigenvalue weighted by Crippen LogP contribution is -2.22. The molecule has 0 amide bonds. The highest BCUT2D eigenvalue weighted by molar-refractivity contribution is 5.64. The van der Waals surface area contributed by atoms with E-state index < -0.39 is 0 Å². The van der Waals surface area contributed by atoms with Crippen LogP contribution in [0.2, 0.25) is 0 Å². The highest BCUT2D eigenvalue weighted by atomic mass is 19.1. The topological polar surface area (TPSA) is 61.4 Å². The van der Waals surface area contributed by atoms with E-state index in [4.69, 9.17) is 4.74 Å². The van der Waals surface area contributed by atoms with Gasteiger partial charge in [-0.3, -0.25) is 9.78 Å². The molecule has 7 heteroatoms. The highest BCUT2D eigenvalue weighted by Gasteiger charge is 2.09. The van der Waals surface area contributed by atoms with Crippen LogP contribution in [0.1, 0.15) is 6.42 Å². The minimum absolute atomic E-state index is 0.109. The summed E-state index contributed by atoms with van der Waals surface area (Å²) in [4.78, 5) is 16.8. The molecule has 0 fully saturated rings. The molecule has 1 aromatic carbocycles. The van der Waals surface area contributed by atoms with Crippen LogP contribution < -0.4 is 10.3 Å². The number of aromatic nitrogens is 4. The van der Waals surface area contributed by atoms with E-state index in [2.05, 4.69) is 10.1 Å². The van der Waals surface area contributed by atoms with Crippen molar-refractivity contribution in [2.45, 2.75) is 13.0 Å². The van der Waals surface area contributed by atoms with Gasteiger partial charge in [0.1, 0.15) is 17.1 Å². The van der Waals surface area contributed by atoms with Gasteiger partial charge in [-0.1, -0.05) is 0 Å². The molecule has 0 unspecified atom stereocenters. The Morgan fingerprint density at radius 1 is 1.11 bits per heavy atom. The molecule has 0 aliphatic heterocycles. The van der Waals surface area contributed by atoms with Crippen LogP contribution in [0.25, 0.3) is 16.8 Å². The third-order valence-electron chi connectivity index (χ3n) is 4.19. The first kappa shape index (κ1) is 17.0. The average Bonchev–Trinajstić information content (AvgIpc) is 3.14. The molecule has 136 valence electrons. The van der Waals surface area contributed by atoms with Crippen LogP contribution in [0.5, 0.6) is 5.75 Å². The predicted molar refractivity (Wildman–Crippen MR) is 99.2 cm³/mol. The molecule has 0 radical (unpaired) electrons. The normalized spacial score (nSPS) is 11.0. The zero-order valence-corrected chi connectivity index (χ0v) is 14.5. The van der Waals surface area contributed by atoms with Crippen LogP contribution in [0.4, 0.5) is 4.39 Å². The van der Waals surface area contributed by atoms with E-state index in [1.165, 1.54) is 12.1 Å². The molecule has 0 saturated heterocycles. The standard InChI is InChI=1S/C20H17FN4O2/c21-16-4-6-17(7-5-16)27-12-2-9-24-10-11-25-19(20(24)26)13-18(23-25)15-3-1-8-22-14-15/h1,3-8,10-11,13-14H,2,9,12H2. The number of hydrogen-bond acceptors (Lipinski definition) is 4. The number of hydrogen-bond donors (Lipinski definition) is 0. The Hall–Kier alpha value is -3.48. The van der Waals surface area contributed by atoms with Gasteiger partial charge in [0.15, 0.2) is 0 Å². The Kier molecular flexibility index (Phi) is 4.65. The second-order valence-electron chi connectivity index (χ2n) is 6.05. The van der Waals surface area contributed by atoms with Crippen molar-refractivity contribution in [3.05, 3.63) is 83.4 Å². The largest absolute Gasteiger partial charge is 0.494 e. The molecule has 27 heavy (non-hydrogen) atoms. The molecule has 4 aromatic rings. The molecule has 6 nitrogen and oxygen atoms in total. The molecule has 0 atom stereocenters. The maximum atomic E-state index is 12.9. The van der Waals surface area contributed by atoms with Crippen molar-refractivity contribution in [1.82, 2.24) is 19.2 Å². The Balaban J connectivity index is 1.45. The smallest absolute Gasteiger partial charge is 0.276 e. The van der Waals surface area contributed by atoms with E-state index in [-0.39, 0.29) is 11.4 Å². The van der Waals surface area contributed by atoms with Crippen molar-refractivity contribution in [2.75, 3.05) is 6.61 Å². The van der Waals surface area contributed by atoms with Gasteiger partial charge in [-0.2, -0.15) is 5.10 Å². The zero-order chi connectivity index (χ0) is 18.6. The monoisotopic (exact) mass is 364 g/mol. The Morgan fingerprint density at radius 2 is 1.96 bits per heavy atom. The SMILES string of the molecule is O=c1c2cc(-c3cccnc3)nn2ccn1CCCOc1ccc(F)cc1. The molecule has 0 N–H and O–H groups in total. The van der Waals surface area contributed by atoms with Gasteiger partial charge in [-0.15, -0.1) is 0 Å². The molecule has 0 aliphatic rings. The second-order valence-corrected chi connectivity index (χ2v) is 6.05. The van der Waals surface area contributed by atoms with Gasteiger partial charge < -0.3 is 9.30 Å². The van der Waals surface area contributed by atoms with Gasteiger partial charge in [0.25, 0.3) is 5.56 Å². The number of fused-ring (bicyclic) bond motifs is 1. The van der Waals surface area contributed by atoms with Crippen molar-refractivity contribution < 1.29 is 9.13 Å². The van der Waals surface area contributed by atoms with E-state index in [1.807, 2.05) is 12.1 Å². The fourth-order valence-electron chi connectivity index (χ4n) is 2.81. The van der Waals surface area contributed by atoms with Gasteiger partial charge >= 0.3 is 0 Å². The molecule has 3 heterocycles. The van der Waals surface area contributed by atoms with Crippen LogP contribution in [-0.2, 0) is 6.54 Å². The molecule has 0 aliphatic carbocycles. The van der Waals surface area contributed by atoms with Crippen molar-refractivity contribution >= 4 is 5.52 Å². The first-order valence-corrected chi connectivity index (χ1v) is 8.58. The minimum atomic E-state index is -0.298. The lowest BCUT2D eigenvalue weighted by Gasteiger charge is -2.08. The maximum absolute atomic E-state index is 12.9. The minimum Gasteiger partial charge on any atom is -0.494 e. The van der Waals surface area contributed by atoms with Crippen molar-refractivity contribution in [2.24, 2.45) is 0 Å². The first-order valence-electron chi connectivity index (χ1n) is 8.58. The Bertz CT molecular complexity index is 1100. The van der Waals surface area contributed by atoms with Gasteiger partial charge in [0, 0.05) is 36.9 Å². The van der Waals surface area contributed by atoms with Gasteiger partial charge in [0.2, 0.25) is 0 Å². The fraction of sp³-hybridized carbons (Fsp3) is 0.150. The van der Waals surface area contributed by atoms with Crippen molar-refractivity contribution in [1.29, 1.82) is 0 Å². The summed E-state index contributed by atoms with van der Waals surface area (Å²) in [7, 11) is 0. The molecule has 0 saturated carbocycles. The number of nitrogens with zero attached hydrogens (tertiary/aromatic N) is 4. The lowest BCUT2D eigenvalue weighted by atomic mass is 10.2. The third kappa shape index (κ3) is 3.72. The zero-order valence-electron chi connectivity index (χ0n) is 14.5. The molecule has 0 spiro atoms. The van der Waals surface area contributed by atoms with Crippen molar-refractivity contribution in [3.8, 4) is 17.0 Å². The second kappa shape index (κ2) is 7.41. The van der Waals surface area contributed by atoms with E-state index >= 15 is 0 Å². The summed E-state index contributed by atoms with van der Waals surface area (Å²) in [6.45, 7) is 0.952. The number of benzene rings is 1. The number of rotatable bonds is 6. The van der Waals surface area contributed by atoms with Crippen molar-refractivity contribution in [3.63, 3.8) is 0 Å². The lowest BCUT2D eigenvalue weighted by molar-refractivity contribution is 0.300. The average molecular weight is 364 g/mol. The van der Waals surface area contributed by atoms with E-state index in [9.17, 15) is 9.18 Å². The number of pyridine rings is 1. The highest BCUT2D eigenvalue weighted by Crippen LogP contribution is 2.16. The summed E-state index contributed by atoms with van der Waals surface area (Å²) in [5.41, 5.74) is 1.97. The first-order chi connectivity index (χ1) is 13.2. The molecule has 0 bridgehead atoms. The third-order valence-corrected chi connectivity index (χ3v) is 4.19. The Labute approximate surface area is 154 Å². The fourth-order valence-corrected chi connectivity index (χ4v) is 2.81. The molecular formula is C20H17FN4O2. The predicted octanol–water partition coefficient (Wildman–Crippen LogP) is 3.17. The summed E-state index contributed by atoms with van der Waals surface area (Å²) >= 11 is 0. The summed E-state index contributed by atoms with van der Waals surface area (Å²) in [6.07, 6.45) is 7.54. The van der Waals surface area contributed by atoms with Crippen LogP contribution >= 0.6 is 0 Å². The quantitative estimate of drug-likeness (QED) is 0.493. The van der Waals surface area contributed by atoms with Crippen LogP contribution in [-0.4, -0.2) is 25.8 Å². The maximum Gasteiger partial charge on any atom is 0.276 e. The summed E-state index contributed by atoms with van der Waals surface area (Å²) < 4.78 is 21.7. The van der Waals surface area contributed by atoms with Crippen LogP contribution in [0.15, 0.2) is 72.0 Å². The van der Waals surface area contributed by atoms with Gasteiger partial charge in [-0.05, 0) is 48.9 Å². The number of halogens is 1. The van der Waals surface area contributed by atoms with Gasteiger partial charge in [0.05, 0.1) is 12.3 Å². The number of aryl methyl sites for hydroxylation is 1. The Morgan fingerprint density at radius 3 is 2.74 bits per heavy atom. The molecule has 4 rings (SSSR count). The van der Waals surface area contributed by atoms with E-state index in [1.54, 1.807) is 52.1 Å².